The molecular weight excluding hydrogens is 444 g/mol. The summed E-state index contributed by atoms with van der Waals surface area (Å²) in [5, 5.41) is 0.487. The zero-order valence-corrected chi connectivity index (χ0v) is 18.9. The van der Waals surface area contributed by atoms with Gasteiger partial charge >= 0.3 is 5.69 Å². The van der Waals surface area contributed by atoms with E-state index in [2.05, 4.69) is 4.98 Å². The van der Waals surface area contributed by atoms with Crippen LogP contribution in [0.3, 0.4) is 0 Å². The molecule has 1 amide bonds. The number of carbonyl (C=O) groups excluding carboxylic acids is 1. The maximum absolute atomic E-state index is 13.1. The highest BCUT2D eigenvalue weighted by Crippen LogP contribution is 2.20. The minimum absolute atomic E-state index is 0.0876. The lowest BCUT2D eigenvalue weighted by atomic mass is 10.2. The van der Waals surface area contributed by atoms with E-state index >= 15 is 0 Å². The molecule has 0 aliphatic rings. The van der Waals surface area contributed by atoms with Gasteiger partial charge in [-0.2, -0.15) is 0 Å². The van der Waals surface area contributed by atoms with Crippen LogP contribution in [-0.2, 0) is 16.1 Å². The Morgan fingerprint density at radius 1 is 1.15 bits per heavy atom. The Bertz CT molecular complexity index is 1250. The summed E-state index contributed by atoms with van der Waals surface area (Å²) in [5.74, 6) is -0.572. The number of hydrogen-bond donors (Lipinski definition) is 2. The normalized spacial score (nSPS) is 11.1. The smallest absolute Gasteiger partial charge is 0.330 e. The number of halogens is 1. The van der Waals surface area contributed by atoms with Crippen molar-refractivity contribution in [3.8, 4) is 0 Å². The molecule has 172 valence electrons. The molecule has 3 rings (SSSR count). The Balaban J connectivity index is 2.01. The topological polar surface area (TPSA) is 110 Å². The Hall–Kier alpha value is -3.62. The molecule has 0 saturated heterocycles. The van der Waals surface area contributed by atoms with E-state index in [9.17, 15) is 14.4 Å². The number of H-pyrrole nitrogens is 1. The van der Waals surface area contributed by atoms with Gasteiger partial charge in [0.25, 0.3) is 11.5 Å². The van der Waals surface area contributed by atoms with Gasteiger partial charge in [-0.3, -0.25) is 19.1 Å². The molecule has 0 aliphatic heterocycles. The molecule has 0 saturated carbocycles. The van der Waals surface area contributed by atoms with E-state index in [4.69, 9.17) is 22.1 Å². The fourth-order valence-corrected chi connectivity index (χ4v) is 3.52. The number of ether oxygens (including phenoxy) is 1. The lowest BCUT2D eigenvalue weighted by molar-refractivity contribution is -0.114. The summed E-state index contributed by atoms with van der Waals surface area (Å²) in [6.45, 7) is 0.681. The number of hydrogen-bond acceptors (Lipinski definition) is 5. The highest BCUT2D eigenvalue weighted by atomic mass is 35.5. The number of nitrogens with zero attached hydrogens (tertiary/aromatic N) is 2. The minimum atomic E-state index is -0.737. The first-order chi connectivity index (χ1) is 15.9. The van der Waals surface area contributed by atoms with Crippen molar-refractivity contribution in [3.63, 3.8) is 0 Å². The van der Waals surface area contributed by atoms with Gasteiger partial charge in [0.05, 0.1) is 6.54 Å². The quantitative estimate of drug-likeness (QED) is 0.370. The first kappa shape index (κ1) is 24.0. The van der Waals surface area contributed by atoms with Crippen LogP contribution in [0.5, 0.6) is 0 Å². The van der Waals surface area contributed by atoms with E-state index < -0.39 is 17.2 Å². The molecule has 9 heteroatoms. The highest BCUT2D eigenvalue weighted by molar-refractivity contribution is 6.32. The van der Waals surface area contributed by atoms with E-state index in [-0.39, 0.29) is 24.6 Å². The van der Waals surface area contributed by atoms with Crippen molar-refractivity contribution < 1.29 is 9.53 Å². The molecule has 0 fully saturated rings. The Morgan fingerprint density at radius 2 is 1.85 bits per heavy atom. The van der Waals surface area contributed by atoms with Gasteiger partial charge in [-0.15, -0.1) is 0 Å². The van der Waals surface area contributed by atoms with Crippen molar-refractivity contribution in [1.29, 1.82) is 0 Å². The van der Waals surface area contributed by atoms with Gasteiger partial charge in [-0.05, 0) is 29.7 Å². The maximum Gasteiger partial charge on any atom is 0.330 e. The second-order valence-electron chi connectivity index (χ2n) is 7.26. The Morgan fingerprint density at radius 3 is 2.55 bits per heavy atom. The zero-order valence-electron chi connectivity index (χ0n) is 18.2. The van der Waals surface area contributed by atoms with Crippen molar-refractivity contribution in [2.24, 2.45) is 0 Å². The van der Waals surface area contributed by atoms with Crippen LogP contribution in [0.25, 0.3) is 6.08 Å². The SMILES string of the molecule is COCCCN(C(=O)/C=C/c1ccccc1Cl)c1c(N)n(Cc2ccccc2)c(=O)[nH]c1=O. The number of nitrogens with one attached hydrogen (secondary N) is 1. The summed E-state index contributed by atoms with van der Waals surface area (Å²) < 4.78 is 6.33. The number of aromatic nitrogens is 2. The first-order valence-corrected chi connectivity index (χ1v) is 10.7. The van der Waals surface area contributed by atoms with E-state index in [1.807, 2.05) is 30.3 Å². The molecule has 0 bridgehead atoms. The monoisotopic (exact) mass is 468 g/mol. The third-order valence-corrected chi connectivity index (χ3v) is 5.32. The van der Waals surface area contributed by atoms with Crippen LogP contribution >= 0.6 is 11.6 Å². The molecule has 1 aromatic heterocycles. The van der Waals surface area contributed by atoms with Crippen LogP contribution in [0.15, 0.2) is 70.3 Å². The molecule has 0 radical (unpaired) electrons. The molecule has 0 spiro atoms. The Labute approximate surface area is 195 Å². The summed E-state index contributed by atoms with van der Waals surface area (Å²) in [6.07, 6.45) is 3.34. The summed E-state index contributed by atoms with van der Waals surface area (Å²) >= 11 is 6.17. The van der Waals surface area contributed by atoms with E-state index in [1.165, 1.54) is 15.5 Å². The Kier molecular flexibility index (Phi) is 8.23. The lowest BCUT2D eigenvalue weighted by Crippen LogP contribution is -2.41. The summed E-state index contributed by atoms with van der Waals surface area (Å²) in [4.78, 5) is 41.9. The molecule has 2 aromatic carbocycles. The van der Waals surface area contributed by atoms with Crippen molar-refractivity contribution in [2.45, 2.75) is 13.0 Å². The third-order valence-electron chi connectivity index (χ3n) is 4.97. The van der Waals surface area contributed by atoms with Crippen molar-refractivity contribution in [2.75, 3.05) is 30.9 Å². The number of amides is 1. The van der Waals surface area contributed by atoms with Crippen LogP contribution in [0.1, 0.15) is 17.5 Å². The van der Waals surface area contributed by atoms with Gasteiger partial charge in [0.1, 0.15) is 5.82 Å². The largest absolute Gasteiger partial charge is 0.385 e. The van der Waals surface area contributed by atoms with Crippen molar-refractivity contribution in [3.05, 3.63) is 97.7 Å². The second-order valence-corrected chi connectivity index (χ2v) is 7.66. The fourth-order valence-electron chi connectivity index (χ4n) is 3.32. The summed E-state index contributed by atoms with van der Waals surface area (Å²) in [5.41, 5.74) is 6.28. The number of methoxy groups -OCH3 is 1. The van der Waals surface area contributed by atoms with Crippen LogP contribution in [0.2, 0.25) is 5.02 Å². The standard InChI is InChI=1S/C24H25ClN4O4/c1-33-15-7-14-28(20(30)13-12-18-10-5-6-11-19(18)25)21-22(26)29(24(32)27-23(21)31)16-17-8-3-2-4-9-17/h2-6,8-13H,7,14-16,26H2,1H3,(H,27,31,32)/b13-12+. The van der Waals surface area contributed by atoms with Gasteiger partial charge < -0.3 is 15.4 Å². The van der Waals surface area contributed by atoms with Crippen LogP contribution < -0.4 is 21.9 Å². The molecule has 0 aliphatic carbocycles. The predicted octanol–water partition coefficient (Wildman–Crippen LogP) is 2.90. The number of nitrogens with two attached hydrogens (primary N) is 1. The summed E-state index contributed by atoms with van der Waals surface area (Å²) in [7, 11) is 1.55. The molecule has 1 heterocycles. The van der Waals surface area contributed by atoms with Gasteiger partial charge in [0.15, 0.2) is 5.69 Å². The molecular formula is C24H25ClN4O4. The minimum Gasteiger partial charge on any atom is -0.385 e. The van der Waals surface area contributed by atoms with Crippen LogP contribution in [0.4, 0.5) is 11.5 Å². The number of benzene rings is 2. The number of aromatic amines is 1. The highest BCUT2D eigenvalue weighted by Gasteiger charge is 2.23. The first-order valence-electron chi connectivity index (χ1n) is 10.3. The van der Waals surface area contributed by atoms with Gasteiger partial charge in [0, 0.05) is 31.4 Å². The fraction of sp³-hybridized carbons (Fsp3) is 0.208. The van der Waals surface area contributed by atoms with Gasteiger partial charge in [0.2, 0.25) is 0 Å². The molecule has 3 N–H and O–H groups in total. The van der Waals surface area contributed by atoms with Crippen LogP contribution in [0, 0.1) is 0 Å². The van der Waals surface area contributed by atoms with Crippen LogP contribution in [-0.4, -0.2) is 35.7 Å². The number of anilines is 2. The number of rotatable bonds is 9. The predicted molar refractivity (Wildman–Crippen MR) is 131 cm³/mol. The molecule has 3 aromatic rings. The second kappa shape index (κ2) is 11.3. The van der Waals surface area contributed by atoms with Crippen molar-refractivity contribution >= 4 is 35.1 Å². The molecule has 33 heavy (non-hydrogen) atoms. The van der Waals surface area contributed by atoms with Crippen molar-refractivity contribution in [1.82, 2.24) is 9.55 Å². The summed E-state index contributed by atoms with van der Waals surface area (Å²) in [6, 6.07) is 16.3. The third kappa shape index (κ3) is 6.00. The average Bonchev–Trinajstić information content (AvgIpc) is 2.80. The molecule has 0 unspecified atom stereocenters. The average molecular weight is 469 g/mol. The van der Waals surface area contributed by atoms with Gasteiger partial charge in [-0.1, -0.05) is 60.1 Å². The van der Waals surface area contributed by atoms with Gasteiger partial charge in [-0.25, -0.2) is 4.79 Å². The van der Waals surface area contributed by atoms with E-state index in [1.54, 1.807) is 37.5 Å². The number of nitrogen functional groups attached to an aromatic ring is 1. The van der Waals surface area contributed by atoms with E-state index in [0.29, 0.717) is 23.6 Å². The lowest BCUT2D eigenvalue weighted by Gasteiger charge is -2.23. The molecule has 0 atom stereocenters. The maximum atomic E-state index is 13.1. The van der Waals surface area contributed by atoms with E-state index in [0.717, 1.165) is 5.56 Å². The zero-order chi connectivity index (χ0) is 23.8. The number of carbonyl (C=O) groups is 1. The molecule has 8 nitrogen and oxygen atoms in total.